The molecule has 4 rings (SSSR count). The summed E-state index contributed by atoms with van der Waals surface area (Å²) in [4.78, 5) is 26.8. The molecule has 0 aliphatic carbocycles. The molecule has 3 aromatic carbocycles. The van der Waals surface area contributed by atoms with Crippen molar-refractivity contribution < 1.29 is 18.7 Å². The van der Waals surface area contributed by atoms with Crippen molar-refractivity contribution in [1.29, 1.82) is 0 Å². The third kappa shape index (κ3) is 5.42. The van der Waals surface area contributed by atoms with Crippen LogP contribution in [0, 0.1) is 5.82 Å². The van der Waals surface area contributed by atoms with E-state index in [1.54, 1.807) is 30.3 Å². The van der Waals surface area contributed by atoms with Gasteiger partial charge in [0, 0.05) is 4.47 Å². The number of rotatable bonds is 6. The van der Waals surface area contributed by atoms with Crippen molar-refractivity contribution in [3.8, 4) is 5.75 Å². The van der Waals surface area contributed by atoms with Gasteiger partial charge in [-0.05, 0) is 70.9 Å². The standard InChI is InChI=1S/C24H17BrFNO3S/c25-19-5-1-4-18(11-19)14-27-23(28)22(31-24(27)29)13-17-3-2-6-21(12-17)30-15-16-7-9-20(26)10-8-16/h1-13H,14-15H2/b22-13+. The van der Waals surface area contributed by atoms with Crippen molar-refractivity contribution in [2.45, 2.75) is 13.2 Å². The lowest BCUT2D eigenvalue weighted by Crippen LogP contribution is -2.27. The van der Waals surface area contributed by atoms with E-state index in [1.165, 1.54) is 17.0 Å². The van der Waals surface area contributed by atoms with E-state index < -0.39 is 0 Å². The molecule has 1 fully saturated rings. The average molecular weight is 498 g/mol. The summed E-state index contributed by atoms with van der Waals surface area (Å²) in [6.07, 6.45) is 1.69. The van der Waals surface area contributed by atoms with Crippen molar-refractivity contribution in [3.63, 3.8) is 0 Å². The molecule has 1 aliphatic rings. The molecule has 31 heavy (non-hydrogen) atoms. The fourth-order valence-corrected chi connectivity index (χ4v) is 4.33. The Bertz CT molecular complexity index is 1160. The van der Waals surface area contributed by atoms with Crippen LogP contribution in [0.25, 0.3) is 6.08 Å². The Morgan fingerprint density at radius 3 is 2.52 bits per heavy atom. The number of benzene rings is 3. The number of imide groups is 1. The Morgan fingerprint density at radius 1 is 0.968 bits per heavy atom. The molecule has 0 spiro atoms. The SMILES string of the molecule is O=C1S/C(=C/c2cccc(OCc3ccc(F)cc3)c2)C(=O)N1Cc1cccc(Br)c1. The summed E-state index contributed by atoms with van der Waals surface area (Å²) in [6, 6.07) is 20.9. The summed E-state index contributed by atoms with van der Waals surface area (Å²) in [5.74, 6) is 0.0126. The number of halogens is 2. The molecule has 0 aromatic heterocycles. The molecular weight excluding hydrogens is 481 g/mol. The highest BCUT2D eigenvalue weighted by Crippen LogP contribution is 2.34. The normalized spacial score (nSPS) is 15.0. The van der Waals surface area contributed by atoms with Gasteiger partial charge in [-0.3, -0.25) is 14.5 Å². The van der Waals surface area contributed by atoms with Gasteiger partial charge in [0.2, 0.25) is 0 Å². The van der Waals surface area contributed by atoms with Gasteiger partial charge >= 0.3 is 0 Å². The molecule has 0 unspecified atom stereocenters. The fourth-order valence-electron chi connectivity index (χ4n) is 3.05. The van der Waals surface area contributed by atoms with E-state index in [0.29, 0.717) is 17.3 Å². The van der Waals surface area contributed by atoms with Crippen molar-refractivity contribution in [2.75, 3.05) is 0 Å². The Hall–Kier alpha value is -2.90. The summed E-state index contributed by atoms with van der Waals surface area (Å²) in [5, 5.41) is -0.292. The van der Waals surface area contributed by atoms with Crippen LogP contribution in [-0.2, 0) is 17.9 Å². The maximum absolute atomic E-state index is 13.0. The highest BCUT2D eigenvalue weighted by Gasteiger charge is 2.35. The molecule has 0 radical (unpaired) electrons. The summed E-state index contributed by atoms with van der Waals surface area (Å²) < 4.78 is 19.7. The first-order valence-corrected chi connectivity index (χ1v) is 11.1. The largest absolute Gasteiger partial charge is 0.489 e. The number of hydrogen-bond donors (Lipinski definition) is 0. The molecule has 156 valence electrons. The zero-order valence-electron chi connectivity index (χ0n) is 16.3. The Morgan fingerprint density at radius 2 is 1.74 bits per heavy atom. The van der Waals surface area contributed by atoms with E-state index in [9.17, 15) is 14.0 Å². The predicted molar refractivity (Wildman–Crippen MR) is 123 cm³/mol. The predicted octanol–water partition coefficient (Wildman–Crippen LogP) is 6.40. The first-order valence-electron chi connectivity index (χ1n) is 9.45. The second kappa shape index (κ2) is 9.49. The summed E-state index contributed by atoms with van der Waals surface area (Å²) >= 11 is 4.33. The minimum atomic E-state index is -0.312. The molecule has 0 bridgehead atoms. The van der Waals surface area contributed by atoms with E-state index in [2.05, 4.69) is 15.9 Å². The minimum Gasteiger partial charge on any atom is -0.489 e. The van der Waals surface area contributed by atoms with E-state index in [4.69, 9.17) is 4.74 Å². The van der Waals surface area contributed by atoms with Gasteiger partial charge < -0.3 is 4.74 Å². The quantitative estimate of drug-likeness (QED) is 0.369. The van der Waals surface area contributed by atoms with Crippen LogP contribution in [0.2, 0.25) is 0 Å². The van der Waals surface area contributed by atoms with Crippen molar-refractivity contribution >= 4 is 44.9 Å². The number of hydrogen-bond acceptors (Lipinski definition) is 4. The molecule has 7 heteroatoms. The van der Waals surface area contributed by atoms with Crippen LogP contribution in [0.4, 0.5) is 9.18 Å². The number of ether oxygens (including phenoxy) is 1. The second-order valence-corrected chi connectivity index (χ2v) is 8.79. The van der Waals surface area contributed by atoms with Crippen molar-refractivity contribution in [1.82, 2.24) is 4.90 Å². The van der Waals surface area contributed by atoms with Crippen LogP contribution < -0.4 is 4.74 Å². The lowest BCUT2D eigenvalue weighted by Gasteiger charge is -2.12. The molecule has 1 saturated heterocycles. The van der Waals surface area contributed by atoms with Gasteiger partial charge in [0.05, 0.1) is 11.4 Å². The van der Waals surface area contributed by atoms with Crippen molar-refractivity contribution in [3.05, 3.63) is 105 Å². The number of carbonyl (C=O) groups is 2. The number of nitrogens with zero attached hydrogens (tertiary/aromatic N) is 1. The van der Waals surface area contributed by atoms with Crippen LogP contribution in [0.3, 0.4) is 0 Å². The smallest absolute Gasteiger partial charge is 0.293 e. The lowest BCUT2D eigenvalue weighted by atomic mass is 10.2. The maximum Gasteiger partial charge on any atom is 0.293 e. The lowest BCUT2D eigenvalue weighted by molar-refractivity contribution is -0.123. The molecule has 1 aliphatic heterocycles. The van der Waals surface area contributed by atoms with Crippen LogP contribution in [0.15, 0.2) is 82.2 Å². The topological polar surface area (TPSA) is 46.6 Å². The van der Waals surface area contributed by atoms with Crippen LogP contribution >= 0.6 is 27.7 Å². The van der Waals surface area contributed by atoms with Gasteiger partial charge in [0.25, 0.3) is 11.1 Å². The number of thioether (sulfide) groups is 1. The van der Waals surface area contributed by atoms with Crippen LogP contribution in [0.1, 0.15) is 16.7 Å². The Kier molecular flexibility index (Phi) is 6.53. The maximum atomic E-state index is 13.0. The summed E-state index contributed by atoms with van der Waals surface area (Å²) in [5.41, 5.74) is 2.47. The molecule has 4 nitrogen and oxygen atoms in total. The van der Waals surface area contributed by atoms with E-state index in [-0.39, 0.29) is 23.5 Å². The molecule has 1 heterocycles. The monoisotopic (exact) mass is 497 g/mol. The van der Waals surface area contributed by atoms with E-state index in [0.717, 1.165) is 32.9 Å². The van der Waals surface area contributed by atoms with Crippen molar-refractivity contribution in [2.24, 2.45) is 0 Å². The fraction of sp³-hybridized carbons (Fsp3) is 0.0833. The molecule has 0 saturated carbocycles. The third-order valence-electron chi connectivity index (χ3n) is 4.58. The number of amides is 2. The first-order chi connectivity index (χ1) is 15.0. The van der Waals surface area contributed by atoms with Gasteiger partial charge in [-0.15, -0.1) is 0 Å². The van der Waals surface area contributed by atoms with Gasteiger partial charge in [0.15, 0.2) is 0 Å². The molecule has 3 aromatic rings. The van der Waals surface area contributed by atoms with Gasteiger partial charge in [-0.1, -0.05) is 52.3 Å². The zero-order valence-corrected chi connectivity index (χ0v) is 18.7. The first kappa shape index (κ1) is 21.3. The van der Waals surface area contributed by atoms with Gasteiger partial charge in [0.1, 0.15) is 18.2 Å². The van der Waals surface area contributed by atoms with E-state index in [1.807, 2.05) is 36.4 Å². The van der Waals surface area contributed by atoms with Gasteiger partial charge in [-0.25, -0.2) is 4.39 Å². The highest BCUT2D eigenvalue weighted by atomic mass is 79.9. The number of carbonyl (C=O) groups excluding carboxylic acids is 2. The Labute approximate surface area is 191 Å². The van der Waals surface area contributed by atoms with Crippen LogP contribution in [0.5, 0.6) is 5.75 Å². The molecule has 0 N–H and O–H groups in total. The minimum absolute atomic E-state index is 0.224. The summed E-state index contributed by atoms with van der Waals surface area (Å²) in [6.45, 7) is 0.523. The van der Waals surface area contributed by atoms with Crippen LogP contribution in [-0.4, -0.2) is 16.0 Å². The highest BCUT2D eigenvalue weighted by molar-refractivity contribution is 9.10. The average Bonchev–Trinajstić information content (AvgIpc) is 3.01. The molecule has 2 amide bonds. The second-order valence-electron chi connectivity index (χ2n) is 6.89. The van der Waals surface area contributed by atoms with Gasteiger partial charge in [-0.2, -0.15) is 0 Å². The Balaban J connectivity index is 1.45. The summed E-state index contributed by atoms with van der Waals surface area (Å²) in [7, 11) is 0. The molecule has 0 atom stereocenters. The zero-order chi connectivity index (χ0) is 21.8. The van der Waals surface area contributed by atoms with E-state index >= 15 is 0 Å². The third-order valence-corrected chi connectivity index (χ3v) is 5.98. The molecular formula is C24H17BrFNO3S.